The number of hydrogen-bond donors (Lipinski definition) is 1. The van der Waals surface area contributed by atoms with E-state index >= 15 is 0 Å². The first-order valence-electron chi connectivity index (χ1n) is 5.71. The summed E-state index contributed by atoms with van der Waals surface area (Å²) in [5.74, 6) is 0.377. The topological polar surface area (TPSA) is 35.2 Å². The molecule has 2 aromatic carbocycles. The Kier molecular flexibility index (Phi) is 4.63. The minimum Gasteiger partial charge on any atom is -0.493 e. The fourth-order valence-electron chi connectivity index (χ4n) is 1.46. The van der Waals surface area contributed by atoms with Gasteiger partial charge in [0.2, 0.25) is 0 Å². The van der Waals surface area contributed by atoms with Crippen LogP contribution in [0.25, 0.3) is 0 Å². The second kappa shape index (κ2) is 6.43. The molecule has 0 heterocycles. The lowest BCUT2D eigenvalue weighted by Gasteiger charge is -2.07. The van der Waals surface area contributed by atoms with Gasteiger partial charge in [0.05, 0.1) is 6.61 Å². The highest BCUT2D eigenvalue weighted by Crippen LogP contribution is 2.22. The van der Waals surface area contributed by atoms with E-state index in [0.29, 0.717) is 28.7 Å². The van der Waals surface area contributed by atoms with Crippen molar-refractivity contribution in [2.75, 3.05) is 18.1 Å². The van der Waals surface area contributed by atoms with Gasteiger partial charge >= 0.3 is 0 Å². The third kappa shape index (κ3) is 4.13. The first-order valence-corrected chi connectivity index (χ1v) is 6.70. The Labute approximate surface area is 114 Å². The summed E-state index contributed by atoms with van der Waals surface area (Å²) in [6.45, 7) is 0.407. The highest BCUT2D eigenvalue weighted by Gasteiger charge is 2.04. The first kappa shape index (κ1) is 13.7. The molecule has 0 spiro atoms. The largest absolute Gasteiger partial charge is 0.493 e. The van der Waals surface area contributed by atoms with Gasteiger partial charge in [-0.1, -0.05) is 0 Å². The molecule has 0 unspecified atom stereocenters. The number of hydrogen-bond acceptors (Lipinski definition) is 3. The molecule has 100 valence electrons. The second-order valence-electron chi connectivity index (χ2n) is 3.84. The first-order chi connectivity index (χ1) is 9.15. The number of thioether (sulfide) groups is 1. The predicted octanol–water partition coefficient (Wildman–Crippen LogP) is 3.72. The van der Waals surface area contributed by atoms with Crippen LogP contribution in [-0.4, -0.2) is 12.4 Å². The van der Waals surface area contributed by atoms with E-state index < -0.39 is 11.6 Å². The van der Waals surface area contributed by atoms with Crippen molar-refractivity contribution in [2.24, 2.45) is 0 Å². The summed E-state index contributed by atoms with van der Waals surface area (Å²) < 4.78 is 31.7. The highest BCUT2D eigenvalue weighted by atomic mass is 32.2. The Balaban J connectivity index is 1.80. The molecule has 2 nitrogen and oxygen atoms in total. The summed E-state index contributed by atoms with van der Waals surface area (Å²) in [7, 11) is 0. The lowest BCUT2D eigenvalue weighted by Crippen LogP contribution is -2.00. The molecule has 0 fully saturated rings. The van der Waals surface area contributed by atoms with Crippen LogP contribution in [-0.2, 0) is 0 Å². The van der Waals surface area contributed by atoms with E-state index in [1.54, 1.807) is 24.3 Å². The van der Waals surface area contributed by atoms with E-state index in [2.05, 4.69) is 0 Å². The van der Waals surface area contributed by atoms with E-state index in [1.807, 2.05) is 0 Å². The van der Waals surface area contributed by atoms with Crippen molar-refractivity contribution in [3.05, 3.63) is 54.1 Å². The number of halogens is 2. The number of nitrogen functional groups attached to an aromatic ring is 1. The lowest BCUT2D eigenvalue weighted by molar-refractivity contribution is 0.344. The summed E-state index contributed by atoms with van der Waals surface area (Å²) in [6, 6.07) is 10.4. The maximum absolute atomic E-state index is 13.3. The van der Waals surface area contributed by atoms with Crippen LogP contribution in [0.2, 0.25) is 0 Å². The van der Waals surface area contributed by atoms with Crippen molar-refractivity contribution in [1.29, 1.82) is 0 Å². The van der Waals surface area contributed by atoms with Gasteiger partial charge in [0.25, 0.3) is 0 Å². The highest BCUT2D eigenvalue weighted by molar-refractivity contribution is 7.99. The number of nitrogens with two attached hydrogens (primary N) is 1. The molecule has 2 aromatic rings. The zero-order chi connectivity index (χ0) is 13.7. The predicted molar refractivity (Wildman–Crippen MR) is 73.4 cm³/mol. The fraction of sp³-hybridized carbons (Fsp3) is 0.143. The van der Waals surface area contributed by atoms with Crippen molar-refractivity contribution in [1.82, 2.24) is 0 Å². The monoisotopic (exact) mass is 281 g/mol. The Bertz CT molecular complexity index is 546. The van der Waals surface area contributed by atoms with E-state index in [1.165, 1.54) is 17.8 Å². The molecular weight excluding hydrogens is 268 g/mol. The van der Waals surface area contributed by atoms with Gasteiger partial charge in [-0.15, -0.1) is 11.8 Å². The summed E-state index contributed by atoms with van der Waals surface area (Å²) in [5, 5.41) is 0. The molecule has 0 aromatic heterocycles. The van der Waals surface area contributed by atoms with E-state index in [4.69, 9.17) is 10.5 Å². The van der Waals surface area contributed by atoms with Gasteiger partial charge in [0, 0.05) is 16.3 Å². The summed E-state index contributed by atoms with van der Waals surface area (Å²) in [4.78, 5) is 0.293. The molecular formula is C14H13F2NOS. The number of rotatable bonds is 5. The SMILES string of the molecule is Nc1ccc(OCCSc2cc(F)ccc2F)cc1. The van der Waals surface area contributed by atoms with Gasteiger partial charge in [-0.05, 0) is 42.5 Å². The molecule has 0 saturated carbocycles. The summed E-state index contributed by atoms with van der Waals surface area (Å²) in [5.41, 5.74) is 6.22. The normalized spacial score (nSPS) is 10.4. The molecule has 0 aliphatic carbocycles. The minimum atomic E-state index is -0.441. The second-order valence-corrected chi connectivity index (χ2v) is 4.98. The van der Waals surface area contributed by atoms with Crippen LogP contribution in [0.5, 0.6) is 5.75 Å². The Morgan fingerprint density at radius 3 is 2.53 bits per heavy atom. The van der Waals surface area contributed by atoms with Gasteiger partial charge in [0.15, 0.2) is 0 Å². The summed E-state index contributed by atoms with van der Waals surface area (Å²) in [6.07, 6.45) is 0. The molecule has 0 radical (unpaired) electrons. The van der Waals surface area contributed by atoms with Crippen LogP contribution in [0.1, 0.15) is 0 Å². The van der Waals surface area contributed by atoms with Crippen molar-refractivity contribution in [3.8, 4) is 5.75 Å². The van der Waals surface area contributed by atoms with Crippen molar-refractivity contribution in [2.45, 2.75) is 4.90 Å². The maximum Gasteiger partial charge on any atom is 0.136 e. The van der Waals surface area contributed by atoms with Crippen LogP contribution in [0.4, 0.5) is 14.5 Å². The number of benzene rings is 2. The van der Waals surface area contributed by atoms with Gasteiger partial charge in [-0.3, -0.25) is 0 Å². The van der Waals surface area contributed by atoms with Gasteiger partial charge in [-0.25, -0.2) is 8.78 Å². The minimum absolute atomic E-state index is 0.293. The maximum atomic E-state index is 13.3. The zero-order valence-electron chi connectivity index (χ0n) is 10.1. The number of ether oxygens (including phenoxy) is 1. The van der Waals surface area contributed by atoms with Gasteiger partial charge < -0.3 is 10.5 Å². The van der Waals surface area contributed by atoms with Crippen LogP contribution < -0.4 is 10.5 Å². The molecule has 0 saturated heterocycles. The third-order valence-electron chi connectivity index (χ3n) is 2.38. The standard InChI is InChI=1S/C14H13F2NOS/c15-10-1-6-13(16)14(9-10)19-8-7-18-12-4-2-11(17)3-5-12/h1-6,9H,7-8,17H2. The fourth-order valence-corrected chi connectivity index (χ4v) is 2.25. The summed E-state index contributed by atoms with van der Waals surface area (Å²) >= 11 is 1.22. The van der Waals surface area contributed by atoms with Crippen LogP contribution >= 0.6 is 11.8 Å². The quantitative estimate of drug-likeness (QED) is 0.515. The van der Waals surface area contributed by atoms with Crippen LogP contribution in [0.3, 0.4) is 0 Å². The van der Waals surface area contributed by atoms with E-state index in [9.17, 15) is 8.78 Å². The molecule has 0 atom stereocenters. The number of anilines is 1. The van der Waals surface area contributed by atoms with E-state index in [-0.39, 0.29) is 0 Å². The smallest absolute Gasteiger partial charge is 0.136 e. The molecule has 2 rings (SSSR count). The molecule has 0 aliphatic heterocycles. The van der Waals surface area contributed by atoms with Crippen molar-refractivity contribution >= 4 is 17.4 Å². The van der Waals surface area contributed by atoms with Crippen LogP contribution in [0, 0.1) is 11.6 Å². The lowest BCUT2D eigenvalue weighted by atomic mass is 10.3. The molecule has 0 bridgehead atoms. The van der Waals surface area contributed by atoms with Crippen LogP contribution in [0.15, 0.2) is 47.4 Å². The molecule has 19 heavy (non-hydrogen) atoms. The Morgan fingerprint density at radius 1 is 1.05 bits per heavy atom. The third-order valence-corrected chi connectivity index (χ3v) is 3.38. The van der Waals surface area contributed by atoms with Gasteiger partial charge in [0.1, 0.15) is 17.4 Å². The van der Waals surface area contributed by atoms with E-state index in [0.717, 1.165) is 12.1 Å². The molecule has 0 amide bonds. The molecule has 2 N–H and O–H groups in total. The average molecular weight is 281 g/mol. The Morgan fingerprint density at radius 2 is 1.79 bits per heavy atom. The zero-order valence-corrected chi connectivity index (χ0v) is 10.9. The molecule has 5 heteroatoms. The van der Waals surface area contributed by atoms with Crippen molar-refractivity contribution < 1.29 is 13.5 Å². The van der Waals surface area contributed by atoms with Crippen molar-refractivity contribution in [3.63, 3.8) is 0 Å². The average Bonchev–Trinajstić information content (AvgIpc) is 2.40. The molecule has 0 aliphatic rings. The Hall–Kier alpha value is -1.75. The van der Waals surface area contributed by atoms with Gasteiger partial charge in [-0.2, -0.15) is 0 Å².